The first-order valence-corrected chi connectivity index (χ1v) is 16.9. The molecule has 3 aromatic carbocycles. The van der Waals surface area contributed by atoms with Gasteiger partial charge in [-0.3, -0.25) is 4.79 Å². The smallest absolute Gasteiger partial charge is 0.449 e. The van der Waals surface area contributed by atoms with Gasteiger partial charge in [0.05, 0.1) is 16.3 Å². The Morgan fingerprint density at radius 3 is 1.93 bits per heavy atom. The molecule has 0 bridgehead atoms. The van der Waals surface area contributed by atoms with Crippen molar-refractivity contribution < 1.29 is 39.2 Å². The van der Waals surface area contributed by atoms with Gasteiger partial charge < -0.3 is 4.42 Å². The van der Waals surface area contributed by atoms with Gasteiger partial charge in [0, 0.05) is 6.54 Å². The molecule has 1 aromatic heterocycles. The molecule has 0 radical (unpaired) electrons. The third-order valence-electron chi connectivity index (χ3n) is 7.79. The zero-order valence-corrected chi connectivity index (χ0v) is 27.3. The second-order valence-corrected chi connectivity index (χ2v) is 15.9. The molecule has 240 valence electrons. The Morgan fingerprint density at radius 2 is 1.40 bits per heavy atom. The van der Waals surface area contributed by atoms with Crippen LogP contribution in [0.15, 0.2) is 87.0 Å². The Morgan fingerprint density at radius 1 is 0.800 bits per heavy atom. The normalized spacial score (nSPS) is 12.9. The molecule has 12 heteroatoms. The SMILES string of the molecule is CC(=O)C(C)(C)S(=O)(=O)c1cccc(-c2ccc(CN(Cc3ccc(C(F)(F)F)o3)S(=O)(=O)c3c(C)cc(C)cc3C)cc2)c1. The molecule has 45 heavy (non-hydrogen) atoms. The third-order valence-corrected chi connectivity index (χ3v) is 12.4. The van der Waals surface area contributed by atoms with Crippen molar-refractivity contribution in [2.75, 3.05) is 0 Å². The number of nitrogens with zero attached hydrogens (tertiary/aromatic N) is 1. The number of halogens is 3. The van der Waals surface area contributed by atoms with Gasteiger partial charge in [0.25, 0.3) is 0 Å². The summed E-state index contributed by atoms with van der Waals surface area (Å²) in [4.78, 5) is 12.1. The van der Waals surface area contributed by atoms with Crippen LogP contribution >= 0.6 is 0 Å². The molecule has 0 aliphatic heterocycles. The van der Waals surface area contributed by atoms with Crippen LogP contribution in [-0.4, -0.2) is 31.7 Å². The lowest BCUT2D eigenvalue weighted by Gasteiger charge is -2.24. The van der Waals surface area contributed by atoms with Crippen molar-refractivity contribution in [2.45, 2.75) is 75.3 Å². The number of sulfonamides is 1. The summed E-state index contributed by atoms with van der Waals surface area (Å²) in [5.74, 6) is -1.88. The lowest BCUT2D eigenvalue weighted by atomic mass is 10.0. The number of Topliss-reactive ketones (excluding diaryl/α,β-unsaturated/α-hetero) is 1. The van der Waals surface area contributed by atoms with Crippen molar-refractivity contribution in [3.63, 3.8) is 0 Å². The van der Waals surface area contributed by atoms with Crippen molar-refractivity contribution in [3.05, 3.63) is 107 Å². The molecule has 0 fully saturated rings. The molecule has 4 aromatic rings. The van der Waals surface area contributed by atoms with Crippen molar-refractivity contribution in [2.24, 2.45) is 0 Å². The molecular weight excluding hydrogens is 627 g/mol. The first-order valence-electron chi connectivity index (χ1n) is 13.9. The molecule has 7 nitrogen and oxygen atoms in total. The van der Waals surface area contributed by atoms with Crippen LogP contribution in [0.1, 0.15) is 54.5 Å². The van der Waals surface area contributed by atoms with E-state index in [0.29, 0.717) is 27.8 Å². The number of carbonyl (C=O) groups excluding carboxylic acids is 1. The Kier molecular flexibility index (Phi) is 9.27. The summed E-state index contributed by atoms with van der Waals surface area (Å²) in [6, 6.07) is 18.2. The number of furan rings is 1. The number of hydrogen-bond donors (Lipinski definition) is 0. The van der Waals surface area contributed by atoms with Crippen molar-refractivity contribution in [1.29, 1.82) is 0 Å². The highest BCUT2D eigenvalue weighted by Gasteiger charge is 2.40. The van der Waals surface area contributed by atoms with Crippen molar-refractivity contribution >= 4 is 25.6 Å². The highest BCUT2D eigenvalue weighted by atomic mass is 32.2. The molecule has 0 saturated carbocycles. The minimum absolute atomic E-state index is 0.0120. The highest BCUT2D eigenvalue weighted by Crippen LogP contribution is 2.34. The van der Waals surface area contributed by atoms with Gasteiger partial charge in [-0.1, -0.05) is 54.1 Å². The van der Waals surface area contributed by atoms with Gasteiger partial charge in [0.15, 0.2) is 15.6 Å². The minimum atomic E-state index is -4.72. The average Bonchev–Trinajstić information content (AvgIpc) is 3.42. The van der Waals surface area contributed by atoms with E-state index in [1.807, 2.05) is 6.92 Å². The van der Waals surface area contributed by atoms with Crippen LogP contribution in [0.4, 0.5) is 13.2 Å². The Bertz CT molecular complexity index is 1940. The maximum atomic E-state index is 14.0. The molecule has 0 spiro atoms. The second kappa shape index (κ2) is 12.2. The molecule has 0 saturated heterocycles. The van der Waals surface area contributed by atoms with Crippen LogP contribution < -0.4 is 0 Å². The first-order chi connectivity index (χ1) is 20.7. The number of benzene rings is 3. The van der Waals surface area contributed by atoms with E-state index in [-0.39, 0.29) is 22.1 Å². The number of aryl methyl sites for hydroxylation is 3. The molecule has 1 heterocycles. The van der Waals surface area contributed by atoms with Gasteiger partial charge in [-0.15, -0.1) is 0 Å². The lowest BCUT2D eigenvalue weighted by molar-refractivity contribution is -0.153. The number of ketones is 1. The predicted molar refractivity (Wildman–Crippen MR) is 165 cm³/mol. The molecule has 0 unspecified atom stereocenters. The maximum Gasteiger partial charge on any atom is 0.449 e. The molecule has 0 atom stereocenters. The van der Waals surface area contributed by atoms with Crippen molar-refractivity contribution in [3.8, 4) is 11.1 Å². The second-order valence-electron chi connectivity index (χ2n) is 11.6. The third kappa shape index (κ3) is 6.92. The quantitative estimate of drug-likeness (QED) is 0.175. The predicted octanol–water partition coefficient (Wildman–Crippen LogP) is 7.42. The van der Waals surface area contributed by atoms with Crippen LogP contribution in [0, 0.1) is 20.8 Å². The van der Waals surface area contributed by atoms with E-state index in [1.54, 1.807) is 62.4 Å². The van der Waals surface area contributed by atoms with E-state index in [9.17, 15) is 34.8 Å². The number of sulfone groups is 1. The summed E-state index contributed by atoms with van der Waals surface area (Å²) in [5.41, 5.74) is 3.61. The van der Waals surface area contributed by atoms with Gasteiger partial charge in [-0.2, -0.15) is 17.5 Å². The monoisotopic (exact) mass is 661 g/mol. The average molecular weight is 662 g/mol. The fourth-order valence-corrected chi connectivity index (χ4v) is 8.36. The number of alkyl halides is 3. The highest BCUT2D eigenvalue weighted by molar-refractivity contribution is 7.93. The largest absolute Gasteiger partial charge is 0.455 e. The molecule has 0 N–H and O–H groups in total. The fourth-order valence-electron chi connectivity index (χ4n) is 5.05. The van der Waals surface area contributed by atoms with E-state index in [4.69, 9.17) is 4.42 Å². The van der Waals surface area contributed by atoms with Gasteiger partial charge >= 0.3 is 6.18 Å². The number of hydrogen-bond acceptors (Lipinski definition) is 6. The van der Waals surface area contributed by atoms with E-state index in [0.717, 1.165) is 22.0 Å². The van der Waals surface area contributed by atoms with E-state index in [1.165, 1.54) is 32.9 Å². The Hall–Kier alpha value is -3.74. The van der Waals surface area contributed by atoms with Gasteiger partial charge in [-0.05, 0) is 93.6 Å². The zero-order valence-electron chi connectivity index (χ0n) is 25.7. The van der Waals surface area contributed by atoms with E-state index < -0.39 is 48.9 Å². The summed E-state index contributed by atoms with van der Waals surface area (Å²) in [5, 5.41) is 0. The van der Waals surface area contributed by atoms with Gasteiger partial charge in [0.1, 0.15) is 10.5 Å². The Labute approximate surface area is 261 Å². The number of rotatable bonds is 10. The van der Waals surface area contributed by atoms with Crippen LogP contribution in [0.3, 0.4) is 0 Å². The molecule has 0 amide bonds. The summed E-state index contributed by atoms with van der Waals surface area (Å²) in [7, 11) is -8.19. The van der Waals surface area contributed by atoms with Crippen LogP contribution in [-0.2, 0) is 43.9 Å². The topological polar surface area (TPSA) is 102 Å². The van der Waals surface area contributed by atoms with Crippen LogP contribution in [0.25, 0.3) is 11.1 Å². The summed E-state index contributed by atoms with van der Waals surface area (Å²) in [6.45, 7) is 8.49. The standard InChI is InChI=1S/C33H34F3NO6S2/c1-21-16-22(2)31(23(3)17-21)45(41,42)37(20-28-14-15-30(43-28)33(34,35)36)19-25-10-12-26(13-11-25)27-8-7-9-29(18-27)44(39,40)32(5,6)24(4)38/h7-18H,19-20H2,1-6H3. The summed E-state index contributed by atoms with van der Waals surface area (Å²) >= 11 is 0. The fraction of sp³-hybridized carbons (Fsp3) is 0.303. The maximum absolute atomic E-state index is 14.0. The molecule has 0 aliphatic carbocycles. The van der Waals surface area contributed by atoms with Crippen molar-refractivity contribution in [1.82, 2.24) is 4.31 Å². The Balaban J connectivity index is 1.70. The van der Waals surface area contributed by atoms with E-state index in [2.05, 4.69) is 0 Å². The minimum Gasteiger partial charge on any atom is -0.455 e. The van der Waals surface area contributed by atoms with E-state index >= 15 is 0 Å². The van der Waals surface area contributed by atoms with Crippen LogP contribution in [0.5, 0.6) is 0 Å². The number of carbonyl (C=O) groups is 1. The molecule has 4 rings (SSSR count). The zero-order chi connectivity index (χ0) is 33.5. The molecular formula is C33H34F3NO6S2. The lowest BCUT2D eigenvalue weighted by Crippen LogP contribution is -2.39. The van der Waals surface area contributed by atoms with Gasteiger partial charge in [-0.25, -0.2) is 16.8 Å². The summed E-state index contributed by atoms with van der Waals surface area (Å²) < 4.78 is 98.5. The summed E-state index contributed by atoms with van der Waals surface area (Å²) in [6.07, 6.45) is -4.72. The molecule has 0 aliphatic rings. The van der Waals surface area contributed by atoms with Crippen LogP contribution in [0.2, 0.25) is 0 Å². The first kappa shape index (κ1) is 34.1. The van der Waals surface area contributed by atoms with Gasteiger partial charge in [0.2, 0.25) is 15.8 Å².